The Labute approximate surface area is 158 Å². The lowest BCUT2D eigenvalue weighted by Gasteiger charge is -2.37. The molecule has 0 bridgehead atoms. The Morgan fingerprint density at radius 2 is 1.96 bits per heavy atom. The molecule has 1 aromatic carbocycles. The standard InChI is InChI=1S/C19H27F2N5O/c1-22-19(23-8-2-3-18(27)24-15-5-6-15)26-11-9-25(10-12-26)17-13-14(20)4-7-16(17)21/h4,7,13,15H,2-3,5-6,8-12H2,1H3,(H,22,23)(H,24,27). The maximum atomic E-state index is 13.9. The first kappa shape index (κ1) is 19.4. The largest absolute Gasteiger partial charge is 0.366 e. The molecule has 1 saturated heterocycles. The van der Waals surface area contributed by atoms with E-state index >= 15 is 0 Å². The van der Waals surface area contributed by atoms with Crippen molar-refractivity contribution >= 4 is 17.6 Å². The minimum absolute atomic E-state index is 0.111. The van der Waals surface area contributed by atoms with Crippen LogP contribution in [0.2, 0.25) is 0 Å². The summed E-state index contributed by atoms with van der Waals surface area (Å²) in [6, 6.07) is 3.94. The van der Waals surface area contributed by atoms with E-state index in [1.807, 2.05) is 4.90 Å². The normalized spacial score (nSPS) is 17.8. The molecule has 0 atom stereocenters. The van der Waals surface area contributed by atoms with Crippen LogP contribution in [0.15, 0.2) is 23.2 Å². The number of carbonyl (C=O) groups is 1. The summed E-state index contributed by atoms with van der Waals surface area (Å²) >= 11 is 0. The van der Waals surface area contributed by atoms with Gasteiger partial charge in [0.2, 0.25) is 5.91 Å². The number of carbonyl (C=O) groups excluding carboxylic acids is 1. The van der Waals surface area contributed by atoms with Gasteiger partial charge >= 0.3 is 0 Å². The molecular formula is C19H27F2N5O. The van der Waals surface area contributed by atoms with E-state index in [1.165, 1.54) is 6.07 Å². The fraction of sp³-hybridized carbons (Fsp3) is 0.579. The van der Waals surface area contributed by atoms with Crippen molar-refractivity contribution in [2.45, 2.75) is 31.7 Å². The summed E-state index contributed by atoms with van der Waals surface area (Å²) in [5.41, 5.74) is 0.305. The fourth-order valence-corrected chi connectivity index (χ4v) is 3.20. The zero-order valence-electron chi connectivity index (χ0n) is 15.7. The smallest absolute Gasteiger partial charge is 0.220 e. The number of guanidine groups is 1. The molecule has 1 aliphatic heterocycles. The van der Waals surface area contributed by atoms with Crippen molar-refractivity contribution in [3.8, 4) is 0 Å². The first-order chi connectivity index (χ1) is 13.1. The van der Waals surface area contributed by atoms with Crippen molar-refractivity contribution in [1.29, 1.82) is 0 Å². The van der Waals surface area contributed by atoms with E-state index in [0.29, 0.717) is 50.9 Å². The third kappa shape index (κ3) is 5.55. The molecule has 0 unspecified atom stereocenters. The Balaban J connectivity index is 1.41. The van der Waals surface area contributed by atoms with Crippen molar-refractivity contribution in [3.63, 3.8) is 0 Å². The van der Waals surface area contributed by atoms with Crippen molar-refractivity contribution in [2.75, 3.05) is 44.7 Å². The highest BCUT2D eigenvalue weighted by Crippen LogP contribution is 2.22. The summed E-state index contributed by atoms with van der Waals surface area (Å²) in [6.45, 7) is 3.18. The van der Waals surface area contributed by atoms with Crippen LogP contribution in [0.5, 0.6) is 0 Å². The fourth-order valence-electron chi connectivity index (χ4n) is 3.20. The second kappa shape index (κ2) is 9.01. The van der Waals surface area contributed by atoms with Gasteiger partial charge in [-0.3, -0.25) is 9.79 Å². The number of halogens is 2. The molecule has 27 heavy (non-hydrogen) atoms. The summed E-state index contributed by atoms with van der Waals surface area (Å²) < 4.78 is 27.3. The Hall–Kier alpha value is -2.38. The van der Waals surface area contributed by atoms with Gasteiger partial charge in [0.1, 0.15) is 11.6 Å². The van der Waals surface area contributed by atoms with Crippen LogP contribution in [-0.2, 0) is 4.79 Å². The second-order valence-corrected chi connectivity index (χ2v) is 6.99. The molecule has 1 aromatic rings. The summed E-state index contributed by atoms with van der Waals surface area (Å²) in [7, 11) is 1.72. The summed E-state index contributed by atoms with van der Waals surface area (Å²) in [6.07, 6.45) is 3.45. The van der Waals surface area contributed by atoms with Gasteiger partial charge in [-0.15, -0.1) is 0 Å². The lowest BCUT2D eigenvalue weighted by Crippen LogP contribution is -2.52. The van der Waals surface area contributed by atoms with E-state index in [2.05, 4.69) is 20.5 Å². The molecule has 0 radical (unpaired) electrons. The molecule has 1 amide bonds. The van der Waals surface area contributed by atoms with Gasteiger partial charge in [0.05, 0.1) is 5.69 Å². The van der Waals surface area contributed by atoms with Crippen LogP contribution < -0.4 is 15.5 Å². The van der Waals surface area contributed by atoms with E-state index in [0.717, 1.165) is 37.4 Å². The van der Waals surface area contributed by atoms with E-state index < -0.39 is 11.6 Å². The molecule has 1 aliphatic carbocycles. The van der Waals surface area contributed by atoms with E-state index in [-0.39, 0.29) is 5.91 Å². The van der Waals surface area contributed by atoms with Crippen LogP contribution >= 0.6 is 0 Å². The summed E-state index contributed by atoms with van der Waals surface area (Å²) in [4.78, 5) is 19.9. The third-order valence-electron chi connectivity index (χ3n) is 4.85. The number of rotatable bonds is 6. The van der Waals surface area contributed by atoms with Crippen LogP contribution in [0.4, 0.5) is 14.5 Å². The highest BCUT2D eigenvalue weighted by molar-refractivity contribution is 5.80. The van der Waals surface area contributed by atoms with Crippen molar-refractivity contribution < 1.29 is 13.6 Å². The Morgan fingerprint density at radius 3 is 2.63 bits per heavy atom. The average Bonchev–Trinajstić information content (AvgIpc) is 3.48. The van der Waals surface area contributed by atoms with Crippen molar-refractivity contribution in [2.24, 2.45) is 4.99 Å². The van der Waals surface area contributed by atoms with Crippen molar-refractivity contribution in [3.05, 3.63) is 29.8 Å². The SMILES string of the molecule is CN=C(NCCCC(=O)NC1CC1)N1CCN(c2cc(F)ccc2F)CC1. The highest BCUT2D eigenvalue weighted by atomic mass is 19.1. The molecule has 0 aromatic heterocycles. The number of hydrogen-bond donors (Lipinski definition) is 2. The van der Waals surface area contributed by atoms with E-state index in [1.54, 1.807) is 7.05 Å². The molecule has 1 saturated carbocycles. The predicted octanol–water partition coefficient (Wildman–Crippen LogP) is 1.72. The lowest BCUT2D eigenvalue weighted by molar-refractivity contribution is -0.121. The number of anilines is 1. The number of piperazine rings is 1. The van der Waals surface area contributed by atoms with Gasteiger partial charge in [-0.05, 0) is 31.4 Å². The zero-order valence-corrected chi connectivity index (χ0v) is 15.7. The number of nitrogens with zero attached hydrogens (tertiary/aromatic N) is 3. The van der Waals surface area contributed by atoms with Gasteiger partial charge in [0.25, 0.3) is 0 Å². The van der Waals surface area contributed by atoms with Gasteiger partial charge in [-0.1, -0.05) is 0 Å². The van der Waals surface area contributed by atoms with Crippen LogP contribution in [-0.4, -0.2) is 62.6 Å². The molecule has 0 spiro atoms. The number of aliphatic imine (C=N–C) groups is 1. The van der Waals surface area contributed by atoms with Crippen LogP contribution in [0.25, 0.3) is 0 Å². The Morgan fingerprint density at radius 1 is 1.22 bits per heavy atom. The molecule has 1 heterocycles. The van der Waals surface area contributed by atoms with E-state index in [4.69, 9.17) is 0 Å². The predicted molar refractivity (Wildman–Crippen MR) is 102 cm³/mol. The van der Waals surface area contributed by atoms with Gasteiger partial charge in [-0.25, -0.2) is 8.78 Å². The minimum atomic E-state index is -0.433. The number of hydrogen-bond acceptors (Lipinski definition) is 3. The second-order valence-electron chi connectivity index (χ2n) is 6.99. The minimum Gasteiger partial charge on any atom is -0.366 e. The zero-order chi connectivity index (χ0) is 19.2. The van der Waals surface area contributed by atoms with Crippen LogP contribution in [0, 0.1) is 11.6 Å². The number of amides is 1. The first-order valence-electron chi connectivity index (χ1n) is 9.52. The topological polar surface area (TPSA) is 60.0 Å². The highest BCUT2D eigenvalue weighted by Gasteiger charge is 2.23. The molecule has 148 valence electrons. The molecule has 3 rings (SSSR count). The van der Waals surface area contributed by atoms with Crippen LogP contribution in [0.3, 0.4) is 0 Å². The maximum absolute atomic E-state index is 13.9. The van der Waals surface area contributed by atoms with Gasteiger partial charge in [0.15, 0.2) is 5.96 Å². The molecule has 2 aliphatic rings. The van der Waals surface area contributed by atoms with Gasteiger partial charge < -0.3 is 20.4 Å². The summed E-state index contributed by atoms with van der Waals surface area (Å²) in [5, 5.41) is 6.26. The quantitative estimate of drug-likeness (QED) is 0.449. The molecule has 8 heteroatoms. The summed E-state index contributed by atoms with van der Waals surface area (Å²) in [5.74, 6) is 0.0471. The van der Waals surface area contributed by atoms with E-state index in [9.17, 15) is 13.6 Å². The number of nitrogens with one attached hydrogen (secondary N) is 2. The van der Waals surface area contributed by atoms with Gasteiger partial charge in [-0.2, -0.15) is 0 Å². The monoisotopic (exact) mass is 379 g/mol. The maximum Gasteiger partial charge on any atom is 0.220 e. The molecule has 2 N–H and O–H groups in total. The third-order valence-corrected chi connectivity index (χ3v) is 4.85. The molecular weight excluding hydrogens is 352 g/mol. The van der Waals surface area contributed by atoms with Crippen LogP contribution in [0.1, 0.15) is 25.7 Å². The van der Waals surface area contributed by atoms with Crippen molar-refractivity contribution in [1.82, 2.24) is 15.5 Å². The first-order valence-corrected chi connectivity index (χ1v) is 9.52. The lowest BCUT2D eigenvalue weighted by atomic mass is 10.2. The molecule has 2 fully saturated rings. The Kier molecular flexibility index (Phi) is 6.47. The number of benzene rings is 1. The molecule has 6 nitrogen and oxygen atoms in total. The average molecular weight is 379 g/mol. The Bertz CT molecular complexity index is 685. The van der Waals surface area contributed by atoms with Gasteiger partial charge in [0, 0.05) is 58.3 Å².